The lowest BCUT2D eigenvalue weighted by Gasteiger charge is -2.10. The molecule has 0 aromatic heterocycles. The third kappa shape index (κ3) is 2.96. The molecule has 14 heavy (non-hydrogen) atoms. The van der Waals surface area contributed by atoms with Crippen molar-refractivity contribution < 1.29 is 23.1 Å². The highest BCUT2D eigenvalue weighted by Gasteiger charge is 2.31. The number of oxime groups is 1. The van der Waals surface area contributed by atoms with Gasteiger partial charge in [-0.15, -0.1) is 13.2 Å². The Balaban J connectivity index is 2.96. The van der Waals surface area contributed by atoms with Crippen LogP contribution in [0.1, 0.15) is 5.56 Å². The van der Waals surface area contributed by atoms with Gasteiger partial charge in [0.15, 0.2) is 0 Å². The van der Waals surface area contributed by atoms with Crippen LogP contribution in [0.25, 0.3) is 0 Å². The average molecular weight is 205 g/mol. The van der Waals surface area contributed by atoms with E-state index in [1.54, 1.807) is 0 Å². The van der Waals surface area contributed by atoms with Gasteiger partial charge in [0.1, 0.15) is 5.75 Å². The second-order valence-corrected chi connectivity index (χ2v) is 2.33. The average Bonchev–Trinajstić information content (AvgIpc) is 2.06. The van der Waals surface area contributed by atoms with Crippen LogP contribution in [0.5, 0.6) is 5.75 Å². The molecule has 0 atom stereocenters. The zero-order valence-corrected chi connectivity index (χ0v) is 6.82. The number of rotatable bonds is 2. The zero-order valence-electron chi connectivity index (χ0n) is 6.82. The molecule has 0 saturated carbocycles. The van der Waals surface area contributed by atoms with Gasteiger partial charge in [-0.25, -0.2) is 0 Å². The summed E-state index contributed by atoms with van der Waals surface area (Å²) in [5, 5.41) is 10.8. The minimum atomic E-state index is -4.75. The summed E-state index contributed by atoms with van der Waals surface area (Å²) >= 11 is 0. The molecule has 1 aromatic carbocycles. The van der Waals surface area contributed by atoms with Crippen LogP contribution < -0.4 is 4.74 Å². The first-order valence-electron chi connectivity index (χ1n) is 3.55. The molecule has 0 fully saturated rings. The Kier molecular flexibility index (Phi) is 2.95. The molecule has 0 heterocycles. The third-order valence-electron chi connectivity index (χ3n) is 1.34. The van der Waals surface area contributed by atoms with Crippen LogP contribution in [0.15, 0.2) is 29.4 Å². The van der Waals surface area contributed by atoms with E-state index in [-0.39, 0.29) is 5.56 Å². The topological polar surface area (TPSA) is 41.8 Å². The van der Waals surface area contributed by atoms with Crippen molar-refractivity contribution in [3.8, 4) is 5.75 Å². The molecule has 1 aromatic rings. The molecule has 0 aliphatic heterocycles. The maximum Gasteiger partial charge on any atom is 0.573 e. The van der Waals surface area contributed by atoms with Gasteiger partial charge in [-0.2, -0.15) is 0 Å². The van der Waals surface area contributed by atoms with Crippen molar-refractivity contribution in [2.24, 2.45) is 5.16 Å². The number of ether oxygens (including phenoxy) is 1. The van der Waals surface area contributed by atoms with E-state index in [0.29, 0.717) is 0 Å². The molecule has 0 amide bonds. The Morgan fingerprint density at radius 1 is 1.29 bits per heavy atom. The minimum Gasteiger partial charge on any atom is -0.411 e. The summed E-state index contributed by atoms with van der Waals surface area (Å²) in [6.45, 7) is 0. The molecule has 0 radical (unpaired) electrons. The SMILES string of the molecule is O/N=C/c1ccccc1OC(F)(F)F. The lowest BCUT2D eigenvalue weighted by Crippen LogP contribution is -2.18. The maximum atomic E-state index is 11.8. The summed E-state index contributed by atoms with van der Waals surface area (Å²) in [7, 11) is 0. The van der Waals surface area contributed by atoms with Crippen LogP contribution in [0, 0.1) is 0 Å². The second kappa shape index (κ2) is 3.99. The molecular formula is C8H6F3NO2. The fraction of sp³-hybridized carbons (Fsp3) is 0.125. The molecule has 76 valence electrons. The number of alkyl halides is 3. The number of nitrogens with zero attached hydrogens (tertiary/aromatic N) is 1. The summed E-state index contributed by atoms with van der Waals surface area (Å²) in [4.78, 5) is 0. The second-order valence-electron chi connectivity index (χ2n) is 2.33. The van der Waals surface area contributed by atoms with Crippen molar-refractivity contribution in [3.05, 3.63) is 29.8 Å². The van der Waals surface area contributed by atoms with Crippen molar-refractivity contribution in [2.75, 3.05) is 0 Å². The Morgan fingerprint density at radius 2 is 1.93 bits per heavy atom. The van der Waals surface area contributed by atoms with Crippen molar-refractivity contribution in [1.82, 2.24) is 0 Å². The van der Waals surface area contributed by atoms with Gasteiger partial charge in [-0.3, -0.25) is 0 Å². The number of benzene rings is 1. The predicted molar refractivity (Wildman–Crippen MR) is 42.5 cm³/mol. The Bertz CT molecular complexity index is 336. The Labute approximate surface area is 77.4 Å². The van der Waals surface area contributed by atoms with Gasteiger partial charge in [-0.05, 0) is 12.1 Å². The van der Waals surface area contributed by atoms with Crippen molar-refractivity contribution in [2.45, 2.75) is 6.36 Å². The van der Waals surface area contributed by atoms with E-state index in [0.717, 1.165) is 12.3 Å². The van der Waals surface area contributed by atoms with Crippen LogP contribution in [0.4, 0.5) is 13.2 Å². The van der Waals surface area contributed by atoms with Crippen LogP contribution >= 0.6 is 0 Å². The largest absolute Gasteiger partial charge is 0.573 e. The summed E-state index contributed by atoms with van der Waals surface area (Å²) in [5.41, 5.74) is 0.0484. The van der Waals surface area contributed by atoms with E-state index < -0.39 is 12.1 Å². The van der Waals surface area contributed by atoms with Gasteiger partial charge in [0, 0.05) is 5.56 Å². The first-order valence-corrected chi connectivity index (χ1v) is 3.55. The van der Waals surface area contributed by atoms with Gasteiger partial charge >= 0.3 is 6.36 Å². The highest BCUT2D eigenvalue weighted by atomic mass is 19.4. The lowest BCUT2D eigenvalue weighted by molar-refractivity contribution is -0.274. The summed E-state index contributed by atoms with van der Waals surface area (Å²) in [6.07, 6.45) is -3.89. The predicted octanol–water partition coefficient (Wildman–Crippen LogP) is 2.39. The number of halogens is 3. The Hall–Kier alpha value is -1.72. The van der Waals surface area contributed by atoms with E-state index in [1.807, 2.05) is 0 Å². The molecule has 3 nitrogen and oxygen atoms in total. The summed E-state index contributed by atoms with van der Waals surface area (Å²) < 4.78 is 39.2. The monoisotopic (exact) mass is 205 g/mol. The highest BCUT2D eigenvalue weighted by molar-refractivity contribution is 5.82. The number of para-hydroxylation sites is 1. The van der Waals surface area contributed by atoms with Crippen molar-refractivity contribution in [1.29, 1.82) is 0 Å². The van der Waals surface area contributed by atoms with E-state index in [2.05, 4.69) is 9.89 Å². The first kappa shape index (κ1) is 10.4. The van der Waals surface area contributed by atoms with Crippen LogP contribution in [0.2, 0.25) is 0 Å². The molecule has 1 rings (SSSR count). The zero-order chi connectivity index (χ0) is 10.6. The molecule has 0 spiro atoms. The summed E-state index contributed by atoms with van der Waals surface area (Å²) in [6, 6.07) is 5.35. The molecule has 6 heteroatoms. The van der Waals surface area contributed by atoms with E-state index in [1.165, 1.54) is 18.2 Å². The molecule has 0 aliphatic carbocycles. The van der Waals surface area contributed by atoms with Crippen LogP contribution in [0.3, 0.4) is 0 Å². The highest BCUT2D eigenvalue weighted by Crippen LogP contribution is 2.24. The third-order valence-corrected chi connectivity index (χ3v) is 1.34. The van der Waals surface area contributed by atoms with Gasteiger partial charge in [0.05, 0.1) is 6.21 Å². The molecule has 0 unspecified atom stereocenters. The molecule has 0 aliphatic rings. The van der Waals surface area contributed by atoms with E-state index in [9.17, 15) is 13.2 Å². The van der Waals surface area contributed by atoms with Crippen molar-refractivity contribution in [3.63, 3.8) is 0 Å². The minimum absolute atomic E-state index is 0.0484. The standard InChI is InChI=1S/C8H6F3NO2/c9-8(10,11)14-7-4-2-1-3-6(7)5-12-13/h1-5,13H/b12-5+. The molecule has 1 N–H and O–H groups in total. The fourth-order valence-corrected chi connectivity index (χ4v) is 0.867. The first-order chi connectivity index (χ1) is 6.53. The summed E-state index contributed by atoms with van der Waals surface area (Å²) in [5.74, 6) is -0.405. The van der Waals surface area contributed by atoms with Gasteiger partial charge in [0.25, 0.3) is 0 Å². The van der Waals surface area contributed by atoms with Crippen LogP contribution in [-0.4, -0.2) is 17.8 Å². The van der Waals surface area contributed by atoms with E-state index in [4.69, 9.17) is 5.21 Å². The lowest BCUT2D eigenvalue weighted by atomic mass is 10.2. The van der Waals surface area contributed by atoms with Gasteiger partial charge < -0.3 is 9.94 Å². The molecule has 0 saturated heterocycles. The molecular weight excluding hydrogens is 199 g/mol. The normalized spacial score (nSPS) is 11.9. The quantitative estimate of drug-likeness (QED) is 0.457. The van der Waals surface area contributed by atoms with Crippen LogP contribution in [-0.2, 0) is 0 Å². The number of hydrogen-bond donors (Lipinski definition) is 1. The van der Waals surface area contributed by atoms with Gasteiger partial charge in [-0.1, -0.05) is 17.3 Å². The van der Waals surface area contributed by atoms with Gasteiger partial charge in [0.2, 0.25) is 0 Å². The Morgan fingerprint density at radius 3 is 2.50 bits per heavy atom. The smallest absolute Gasteiger partial charge is 0.411 e. The maximum absolute atomic E-state index is 11.8. The fourth-order valence-electron chi connectivity index (χ4n) is 0.867. The van der Waals surface area contributed by atoms with Crippen molar-refractivity contribution >= 4 is 6.21 Å². The molecule has 0 bridgehead atoms. The number of hydrogen-bond acceptors (Lipinski definition) is 3. The van der Waals surface area contributed by atoms with E-state index >= 15 is 0 Å².